The van der Waals surface area contributed by atoms with Crippen LogP contribution >= 0.6 is 24.0 Å². The van der Waals surface area contributed by atoms with Crippen LogP contribution in [-0.2, 0) is 0 Å². The fraction of sp³-hybridized carbons (Fsp3) is 0.650. The first-order valence-corrected chi connectivity index (χ1v) is 9.56. The van der Waals surface area contributed by atoms with Gasteiger partial charge in [0, 0.05) is 19.6 Å². The predicted molar refractivity (Wildman–Crippen MR) is 116 cm³/mol. The molecule has 1 heterocycles. The maximum absolute atomic E-state index is 10.5. The van der Waals surface area contributed by atoms with Gasteiger partial charge in [0.05, 0.1) is 19.8 Å². The van der Waals surface area contributed by atoms with Gasteiger partial charge in [-0.05, 0) is 49.3 Å². The molecule has 1 saturated heterocycles. The molecule has 3 rings (SSSR count). The van der Waals surface area contributed by atoms with E-state index in [9.17, 15) is 5.11 Å². The number of nitrogens with zero attached hydrogens (tertiary/aromatic N) is 2. The lowest BCUT2D eigenvalue weighted by Gasteiger charge is -2.22. The van der Waals surface area contributed by atoms with E-state index in [1.165, 1.54) is 25.7 Å². The molecule has 1 aliphatic heterocycles. The lowest BCUT2D eigenvalue weighted by Crippen LogP contribution is -2.40. The second kappa shape index (κ2) is 10.3. The first-order chi connectivity index (χ1) is 12.2. The average Bonchev–Trinajstić information content (AvgIpc) is 3.09. The highest BCUT2D eigenvalue weighted by Crippen LogP contribution is 2.36. The van der Waals surface area contributed by atoms with E-state index in [1.807, 2.05) is 24.3 Å². The summed E-state index contributed by atoms with van der Waals surface area (Å²) in [5, 5.41) is 13.9. The van der Waals surface area contributed by atoms with Gasteiger partial charge in [-0.2, -0.15) is 0 Å². The van der Waals surface area contributed by atoms with Gasteiger partial charge in [-0.25, -0.2) is 0 Å². The molecule has 2 fully saturated rings. The third kappa shape index (κ3) is 5.25. The summed E-state index contributed by atoms with van der Waals surface area (Å²) < 4.78 is 5.24. The van der Waals surface area contributed by atoms with E-state index in [-0.39, 0.29) is 24.0 Å². The highest BCUT2D eigenvalue weighted by atomic mass is 127. The van der Waals surface area contributed by atoms with Crippen LogP contribution in [0.5, 0.6) is 5.75 Å². The number of ether oxygens (including phenoxy) is 1. The van der Waals surface area contributed by atoms with Gasteiger partial charge in [0.2, 0.25) is 0 Å². The normalized spacial score (nSPS) is 23.8. The van der Waals surface area contributed by atoms with E-state index in [4.69, 9.17) is 9.73 Å². The van der Waals surface area contributed by atoms with Crippen LogP contribution < -0.4 is 10.1 Å². The lowest BCUT2D eigenvalue weighted by atomic mass is 9.82. The number of halogens is 1. The van der Waals surface area contributed by atoms with Crippen LogP contribution in [0.25, 0.3) is 0 Å². The monoisotopic (exact) mass is 473 g/mol. The number of aliphatic hydroxyl groups excluding tert-OH is 1. The van der Waals surface area contributed by atoms with Crippen molar-refractivity contribution in [2.24, 2.45) is 16.8 Å². The molecule has 0 amide bonds. The molecule has 0 radical (unpaired) electrons. The van der Waals surface area contributed by atoms with Crippen molar-refractivity contribution < 1.29 is 9.84 Å². The van der Waals surface area contributed by atoms with E-state index >= 15 is 0 Å². The van der Waals surface area contributed by atoms with Crippen LogP contribution in [0.2, 0.25) is 0 Å². The molecule has 2 aliphatic rings. The number of nitrogens with one attached hydrogen (secondary N) is 1. The third-order valence-corrected chi connectivity index (χ3v) is 5.50. The number of guanidine groups is 1. The predicted octanol–water partition coefficient (Wildman–Crippen LogP) is 3.43. The van der Waals surface area contributed by atoms with E-state index in [2.05, 4.69) is 17.1 Å². The van der Waals surface area contributed by atoms with Crippen molar-refractivity contribution in [1.82, 2.24) is 10.2 Å². The van der Waals surface area contributed by atoms with Gasteiger partial charge in [-0.3, -0.25) is 4.99 Å². The molecule has 6 heteroatoms. The number of methoxy groups -OCH3 is 1. The summed E-state index contributed by atoms with van der Waals surface area (Å²) in [6.07, 6.45) is 4.84. The highest BCUT2D eigenvalue weighted by Gasteiger charge is 2.35. The largest absolute Gasteiger partial charge is 0.497 e. The zero-order valence-corrected chi connectivity index (χ0v) is 18.2. The van der Waals surface area contributed by atoms with Gasteiger partial charge in [0.1, 0.15) is 5.75 Å². The summed E-state index contributed by atoms with van der Waals surface area (Å²) in [5.74, 6) is 3.34. The summed E-state index contributed by atoms with van der Waals surface area (Å²) in [6, 6.07) is 7.57. The van der Waals surface area contributed by atoms with Gasteiger partial charge >= 0.3 is 0 Å². The molecular weight excluding hydrogens is 441 g/mol. The molecule has 3 atom stereocenters. The number of aliphatic imine (C=N–C) groups is 1. The molecule has 1 aromatic carbocycles. The molecule has 0 bridgehead atoms. The van der Waals surface area contributed by atoms with Crippen LogP contribution in [0, 0.1) is 11.8 Å². The van der Waals surface area contributed by atoms with Crippen molar-refractivity contribution >= 4 is 29.9 Å². The van der Waals surface area contributed by atoms with Crippen LogP contribution in [0.4, 0.5) is 0 Å². The fourth-order valence-electron chi connectivity index (χ4n) is 4.13. The molecule has 5 nitrogen and oxygen atoms in total. The molecule has 1 aliphatic carbocycles. The van der Waals surface area contributed by atoms with Crippen molar-refractivity contribution in [2.75, 3.05) is 33.3 Å². The minimum absolute atomic E-state index is 0. The molecule has 0 spiro atoms. The van der Waals surface area contributed by atoms with E-state index in [1.54, 1.807) is 7.11 Å². The fourth-order valence-corrected chi connectivity index (χ4v) is 4.13. The Hall–Kier alpha value is -1.02. The zero-order chi connectivity index (χ0) is 17.6. The number of aliphatic hydroxyl groups is 1. The van der Waals surface area contributed by atoms with Crippen molar-refractivity contribution in [3.05, 3.63) is 29.8 Å². The molecule has 3 unspecified atom stereocenters. The minimum atomic E-state index is -0.617. The average molecular weight is 473 g/mol. The summed E-state index contributed by atoms with van der Waals surface area (Å²) in [4.78, 5) is 7.12. The number of fused-ring (bicyclic) bond motifs is 1. The number of rotatable bonds is 5. The molecule has 0 aromatic heterocycles. The van der Waals surface area contributed by atoms with Crippen LogP contribution in [-0.4, -0.2) is 49.3 Å². The minimum Gasteiger partial charge on any atom is -0.497 e. The Labute approximate surface area is 174 Å². The Balaban J connectivity index is 0.00000243. The SMILES string of the molecule is CCNC(=NCC(O)c1cccc(OC)c1)N1CC2CCCCC2C1.I. The summed E-state index contributed by atoms with van der Waals surface area (Å²) >= 11 is 0. The van der Waals surface area contributed by atoms with Gasteiger partial charge in [-0.1, -0.05) is 25.0 Å². The van der Waals surface area contributed by atoms with Crippen molar-refractivity contribution in [1.29, 1.82) is 0 Å². The van der Waals surface area contributed by atoms with E-state index < -0.39 is 6.10 Å². The molecule has 146 valence electrons. The molecular formula is C20H32IN3O2. The summed E-state index contributed by atoms with van der Waals surface area (Å²) in [7, 11) is 1.64. The van der Waals surface area contributed by atoms with Gasteiger partial charge in [-0.15, -0.1) is 24.0 Å². The topological polar surface area (TPSA) is 57.1 Å². The van der Waals surface area contributed by atoms with Crippen molar-refractivity contribution in [2.45, 2.75) is 38.7 Å². The first-order valence-electron chi connectivity index (χ1n) is 9.56. The lowest BCUT2D eigenvalue weighted by molar-refractivity contribution is 0.186. The van der Waals surface area contributed by atoms with Crippen LogP contribution in [0.1, 0.15) is 44.3 Å². The quantitative estimate of drug-likeness (QED) is 0.391. The smallest absolute Gasteiger partial charge is 0.194 e. The van der Waals surface area contributed by atoms with Crippen molar-refractivity contribution in [3.63, 3.8) is 0 Å². The summed E-state index contributed by atoms with van der Waals surface area (Å²) in [5.41, 5.74) is 0.842. The number of likely N-dealkylation sites (tertiary alicyclic amines) is 1. The molecule has 2 N–H and O–H groups in total. The Morgan fingerprint density at radius 1 is 1.31 bits per heavy atom. The highest BCUT2D eigenvalue weighted by molar-refractivity contribution is 14.0. The van der Waals surface area contributed by atoms with Crippen molar-refractivity contribution in [3.8, 4) is 5.75 Å². The number of hydrogen-bond acceptors (Lipinski definition) is 3. The van der Waals surface area contributed by atoms with E-state index in [0.29, 0.717) is 6.54 Å². The Bertz CT molecular complexity index is 582. The Morgan fingerprint density at radius 3 is 2.62 bits per heavy atom. The Morgan fingerprint density at radius 2 is 2.00 bits per heavy atom. The molecule has 26 heavy (non-hydrogen) atoms. The number of benzene rings is 1. The van der Waals surface area contributed by atoms with Gasteiger partial charge in [0.15, 0.2) is 5.96 Å². The van der Waals surface area contributed by atoms with Crippen LogP contribution in [0.3, 0.4) is 0 Å². The van der Waals surface area contributed by atoms with E-state index in [0.717, 1.165) is 48.7 Å². The molecule has 1 aromatic rings. The maximum Gasteiger partial charge on any atom is 0.194 e. The summed E-state index contributed by atoms with van der Waals surface area (Å²) in [6.45, 7) is 5.51. The Kier molecular flexibility index (Phi) is 8.47. The van der Waals surface area contributed by atoms with Gasteiger partial charge < -0.3 is 20.1 Å². The zero-order valence-electron chi connectivity index (χ0n) is 15.9. The molecule has 1 saturated carbocycles. The maximum atomic E-state index is 10.5. The number of hydrogen-bond donors (Lipinski definition) is 2. The van der Waals surface area contributed by atoms with Crippen LogP contribution in [0.15, 0.2) is 29.3 Å². The standard InChI is InChI=1S/C20H31N3O2.HI/c1-3-21-20(23-13-16-7-4-5-8-17(16)14-23)22-12-19(24)15-9-6-10-18(11-15)25-2;/h6,9-11,16-17,19,24H,3-5,7-8,12-14H2,1-2H3,(H,21,22);1H. The van der Waals surface area contributed by atoms with Gasteiger partial charge in [0.25, 0.3) is 0 Å². The first kappa shape index (κ1) is 21.3. The third-order valence-electron chi connectivity index (χ3n) is 5.50. The second-order valence-corrected chi connectivity index (χ2v) is 7.20. The second-order valence-electron chi connectivity index (χ2n) is 7.20.